The maximum absolute atomic E-state index is 6.29. The van der Waals surface area contributed by atoms with Gasteiger partial charge in [-0.25, -0.2) is 19.9 Å². The summed E-state index contributed by atoms with van der Waals surface area (Å²) in [4.78, 5) is 20.8. The first-order chi connectivity index (χ1) is 17.7. The average molecular weight is 499 g/mol. The van der Waals surface area contributed by atoms with Crippen LogP contribution in [0.15, 0.2) is 65.7 Å². The summed E-state index contributed by atoms with van der Waals surface area (Å²) in [6, 6.07) is 14.3. The molecule has 9 nitrogen and oxygen atoms in total. The molecule has 3 aromatic heterocycles. The number of piperidine rings is 1. The topological polar surface area (TPSA) is 118 Å². The summed E-state index contributed by atoms with van der Waals surface area (Å²) in [5, 5.41) is 6.65. The predicted molar refractivity (Wildman–Crippen MR) is 147 cm³/mol. The molecule has 1 saturated heterocycles. The zero-order valence-electron chi connectivity index (χ0n) is 21.8. The van der Waals surface area contributed by atoms with Crippen molar-refractivity contribution in [1.29, 1.82) is 0 Å². The van der Waals surface area contributed by atoms with Crippen molar-refractivity contribution in [2.75, 3.05) is 30.4 Å². The number of hydrogen-bond donors (Lipinski definition) is 3. The van der Waals surface area contributed by atoms with Gasteiger partial charge in [0.2, 0.25) is 5.95 Å². The fourth-order valence-electron chi connectivity index (χ4n) is 4.37. The Bertz CT molecular complexity index is 1340. The lowest BCUT2D eigenvalue weighted by atomic mass is 9.91. The van der Waals surface area contributed by atoms with Gasteiger partial charge in [0.1, 0.15) is 5.69 Å². The second-order valence-corrected chi connectivity index (χ2v) is 10.4. The minimum Gasteiger partial charge on any atom is -0.443 e. The van der Waals surface area contributed by atoms with Crippen LogP contribution in [0.4, 0.5) is 17.3 Å². The SMILES string of the molecule is CNC(C)(C)c1cccc(-c2nc(Nc3ccc(N4CCC(C)(N)CC4)cc3)ncc2-c2cnco2)n1. The van der Waals surface area contributed by atoms with Crippen LogP contribution >= 0.6 is 0 Å². The molecule has 1 aliphatic heterocycles. The quantitative estimate of drug-likeness (QED) is 0.333. The van der Waals surface area contributed by atoms with Crippen molar-refractivity contribution in [3.8, 4) is 22.7 Å². The predicted octanol–water partition coefficient (Wildman–Crippen LogP) is 4.71. The maximum Gasteiger partial charge on any atom is 0.227 e. The second kappa shape index (κ2) is 9.91. The zero-order valence-corrected chi connectivity index (χ0v) is 21.8. The van der Waals surface area contributed by atoms with Crippen LogP contribution in [0, 0.1) is 0 Å². The highest BCUT2D eigenvalue weighted by Gasteiger charge is 2.26. The van der Waals surface area contributed by atoms with Gasteiger partial charge in [0.25, 0.3) is 0 Å². The van der Waals surface area contributed by atoms with Gasteiger partial charge in [-0.1, -0.05) is 6.07 Å². The molecule has 4 heterocycles. The van der Waals surface area contributed by atoms with Crippen LogP contribution in [-0.2, 0) is 5.54 Å². The van der Waals surface area contributed by atoms with Gasteiger partial charge in [-0.05, 0) is 77.1 Å². The Morgan fingerprint density at radius 3 is 2.46 bits per heavy atom. The summed E-state index contributed by atoms with van der Waals surface area (Å²) in [6.07, 6.45) is 6.78. The monoisotopic (exact) mass is 498 g/mol. The third-order valence-corrected chi connectivity index (χ3v) is 7.14. The Hall–Kier alpha value is -3.82. The molecule has 1 aliphatic rings. The van der Waals surface area contributed by atoms with E-state index in [-0.39, 0.29) is 11.1 Å². The largest absolute Gasteiger partial charge is 0.443 e. The number of oxazole rings is 1. The Balaban J connectivity index is 1.43. The smallest absolute Gasteiger partial charge is 0.227 e. The van der Waals surface area contributed by atoms with E-state index in [1.807, 2.05) is 37.4 Å². The van der Waals surface area contributed by atoms with Crippen molar-refractivity contribution >= 4 is 17.3 Å². The number of nitrogens with one attached hydrogen (secondary N) is 2. The molecule has 0 aliphatic carbocycles. The first kappa shape index (κ1) is 24.9. The summed E-state index contributed by atoms with van der Waals surface area (Å²) in [7, 11) is 1.92. The normalized spacial score (nSPS) is 15.5. The molecule has 1 aromatic carbocycles. The van der Waals surface area contributed by atoms with Crippen LogP contribution in [0.2, 0.25) is 0 Å². The van der Waals surface area contributed by atoms with E-state index in [0.29, 0.717) is 17.4 Å². The third-order valence-electron chi connectivity index (χ3n) is 7.14. The van der Waals surface area contributed by atoms with Crippen LogP contribution in [0.5, 0.6) is 0 Å². The molecule has 0 spiro atoms. The number of hydrogen-bond acceptors (Lipinski definition) is 9. The molecular formula is C28H34N8O. The molecule has 1 fully saturated rings. The summed E-state index contributed by atoms with van der Waals surface area (Å²) >= 11 is 0. The van der Waals surface area contributed by atoms with Gasteiger partial charge in [-0.2, -0.15) is 0 Å². The first-order valence-corrected chi connectivity index (χ1v) is 12.6. The summed E-state index contributed by atoms with van der Waals surface area (Å²) in [5.41, 5.74) is 11.0. The average Bonchev–Trinajstić information content (AvgIpc) is 3.44. The van der Waals surface area contributed by atoms with Gasteiger partial charge in [-0.15, -0.1) is 0 Å². The molecule has 5 rings (SSSR count). The lowest BCUT2D eigenvalue weighted by Gasteiger charge is -2.38. The van der Waals surface area contributed by atoms with Crippen LogP contribution in [-0.4, -0.2) is 45.6 Å². The Labute approximate surface area is 217 Å². The summed E-state index contributed by atoms with van der Waals surface area (Å²) in [5.74, 6) is 1.06. The molecule has 0 unspecified atom stereocenters. The Morgan fingerprint density at radius 2 is 1.78 bits per heavy atom. The van der Waals surface area contributed by atoms with Gasteiger partial charge in [0, 0.05) is 36.2 Å². The highest BCUT2D eigenvalue weighted by atomic mass is 16.3. The molecule has 0 bridgehead atoms. The number of benzene rings is 1. The number of rotatable bonds is 7. The fraction of sp³-hybridized carbons (Fsp3) is 0.357. The molecule has 192 valence electrons. The summed E-state index contributed by atoms with van der Waals surface area (Å²) in [6.45, 7) is 8.24. The maximum atomic E-state index is 6.29. The van der Waals surface area contributed by atoms with E-state index in [4.69, 9.17) is 20.1 Å². The van der Waals surface area contributed by atoms with Crippen molar-refractivity contribution in [3.05, 3.63) is 66.9 Å². The molecule has 4 N–H and O–H groups in total. The van der Waals surface area contributed by atoms with E-state index in [1.54, 1.807) is 12.4 Å². The van der Waals surface area contributed by atoms with Crippen molar-refractivity contribution in [2.45, 2.75) is 44.7 Å². The van der Waals surface area contributed by atoms with Crippen LogP contribution < -0.4 is 21.3 Å². The summed E-state index contributed by atoms with van der Waals surface area (Å²) < 4.78 is 5.58. The molecule has 0 amide bonds. The Kier molecular flexibility index (Phi) is 6.66. The van der Waals surface area contributed by atoms with E-state index < -0.39 is 0 Å². The van der Waals surface area contributed by atoms with Gasteiger partial charge in [0.05, 0.1) is 28.7 Å². The minimum absolute atomic E-state index is 0.0674. The highest BCUT2D eigenvalue weighted by molar-refractivity contribution is 5.77. The lowest BCUT2D eigenvalue weighted by Crippen LogP contribution is -2.48. The number of aromatic nitrogens is 4. The van der Waals surface area contributed by atoms with E-state index >= 15 is 0 Å². The number of anilines is 3. The van der Waals surface area contributed by atoms with E-state index in [0.717, 1.165) is 48.6 Å². The van der Waals surface area contributed by atoms with Crippen molar-refractivity contribution in [1.82, 2.24) is 25.3 Å². The van der Waals surface area contributed by atoms with Crippen molar-refractivity contribution in [3.63, 3.8) is 0 Å². The molecule has 9 heteroatoms. The molecule has 0 radical (unpaired) electrons. The molecular weight excluding hydrogens is 464 g/mol. The number of pyridine rings is 1. The molecule has 37 heavy (non-hydrogen) atoms. The first-order valence-electron chi connectivity index (χ1n) is 12.6. The third kappa shape index (κ3) is 5.47. The number of nitrogens with zero attached hydrogens (tertiary/aromatic N) is 5. The highest BCUT2D eigenvalue weighted by Crippen LogP contribution is 2.32. The molecule has 4 aromatic rings. The Morgan fingerprint density at radius 1 is 1.03 bits per heavy atom. The lowest BCUT2D eigenvalue weighted by molar-refractivity contribution is 0.364. The fourth-order valence-corrected chi connectivity index (χ4v) is 4.37. The second-order valence-electron chi connectivity index (χ2n) is 10.4. The van der Waals surface area contributed by atoms with E-state index in [9.17, 15) is 0 Å². The van der Waals surface area contributed by atoms with Gasteiger partial charge in [0.15, 0.2) is 12.2 Å². The van der Waals surface area contributed by atoms with Crippen molar-refractivity contribution in [2.24, 2.45) is 5.73 Å². The zero-order chi connectivity index (χ0) is 26.0. The number of nitrogens with two attached hydrogens (primary N) is 1. The van der Waals surface area contributed by atoms with Crippen LogP contribution in [0.25, 0.3) is 22.7 Å². The van der Waals surface area contributed by atoms with Gasteiger partial charge >= 0.3 is 0 Å². The van der Waals surface area contributed by atoms with Gasteiger partial charge in [-0.3, -0.25) is 0 Å². The standard InChI is InChI=1S/C28H34N8O/c1-27(2,30-4)24-7-5-6-22(34-24)25-21(23-17-31-18-37-23)16-32-26(35-25)33-19-8-10-20(11-9-19)36-14-12-28(3,29)13-15-36/h5-11,16-18,30H,12-15,29H2,1-4H3,(H,32,33,35). The van der Waals surface area contributed by atoms with Crippen LogP contribution in [0.1, 0.15) is 39.3 Å². The van der Waals surface area contributed by atoms with E-state index in [2.05, 4.69) is 58.4 Å². The minimum atomic E-state index is -0.296. The molecule has 0 atom stereocenters. The van der Waals surface area contributed by atoms with Crippen LogP contribution in [0.3, 0.4) is 0 Å². The molecule has 0 saturated carbocycles. The van der Waals surface area contributed by atoms with E-state index in [1.165, 1.54) is 12.1 Å². The van der Waals surface area contributed by atoms with Crippen molar-refractivity contribution < 1.29 is 4.42 Å². The van der Waals surface area contributed by atoms with Gasteiger partial charge < -0.3 is 25.7 Å².